The zero-order valence-electron chi connectivity index (χ0n) is 10.3. The van der Waals surface area contributed by atoms with E-state index in [2.05, 4.69) is 0 Å². The molecule has 1 aromatic heterocycles. The van der Waals surface area contributed by atoms with Crippen molar-refractivity contribution in [3.05, 3.63) is 26.4 Å². The minimum absolute atomic E-state index is 0.00824. The number of nitro groups is 1. The van der Waals surface area contributed by atoms with Gasteiger partial charge in [0.2, 0.25) is 6.54 Å². The molecule has 0 aliphatic carbocycles. The number of thiophene rings is 1. The van der Waals surface area contributed by atoms with E-state index in [1.165, 1.54) is 18.4 Å². The number of carbonyl (C=O) groups excluding carboxylic acids is 1. The summed E-state index contributed by atoms with van der Waals surface area (Å²) in [7, 11) is 1.50. The molecule has 1 heterocycles. The number of ether oxygens (including phenoxy) is 2. The molecule has 0 aromatic carbocycles. The Labute approximate surface area is 109 Å². The molecular weight excluding hydrogens is 258 g/mol. The number of rotatable bonds is 7. The molecule has 0 aliphatic rings. The minimum Gasteiger partial charge on any atom is -0.496 e. The van der Waals surface area contributed by atoms with Gasteiger partial charge >= 0.3 is 5.97 Å². The Kier molecular flexibility index (Phi) is 5.57. The van der Waals surface area contributed by atoms with Gasteiger partial charge in [-0.15, -0.1) is 11.3 Å². The lowest BCUT2D eigenvalue weighted by molar-refractivity contribution is -0.483. The van der Waals surface area contributed by atoms with E-state index < -0.39 is 16.8 Å². The van der Waals surface area contributed by atoms with Gasteiger partial charge in [-0.05, 0) is 18.4 Å². The monoisotopic (exact) mass is 273 g/mol. The smallest absolute Gasteiger partial charge is 0.306 e. The van der Waals surface area contributed by atoms with E-state index in [1.54, 1.807) is 18.4 Å². The highest BCUT2D eigenvalue weighted by Gasteiger charge is 2.26. The summed E-state index contributed by atoms with van der Waals surface area (Å²) >= 11 is 1.35. The van der Waals surface area contributed by atoms with Gasteiger partial charge in [0.05, 0.1) is 30.9 Å². The Morgan fingerprint density at radius 2 is 2.33 bits per heavy atom. The van der Waals surface area contributed by atoms with Crippen molar-refractivity contribution < 1.29 is 19.2 Å². The van der Waals surface area contributed by atoms with Crippen LogP contribution in [0.4, 0.5) is 0 Å². The Balaban J connectivity index is 2.84. The molecule has 0 spiro atoms. The van der Waals surface area contributed by atoms with Crippen molar-refractivity contribution in [2.75, 3.05) is 20.3 Å². The maximum atomic E-state index is 11.4. The average Bonchev–Trinajstić information content (AvgIpc) is 2.75. The second-order valence-corrected chi connectivity index (χ2v) is 4.52. The first-order chi connectivity index (χ1) is 8.58. The van der Waals surface area contributed by atoms with Gasteiger partial charge in [-0.3, -0.25) is 14.9 Å². The molecule has 1 atom stereocenters. The fourth-order valence-electron chi connectivity index (χ4n) is 1.62. The lowest BCUT2D eigenvalue weighted by atomic mass is 10.0. The molecule has 0 amide bonds. The Hall–Kier alpha value is -1.63. The SMILES string of the molecule is CCOC(=O)CC(C[N+](=O)[O-])c1sccc1OC. The second-order valence-electron chi connectivity index (χ2n) is 3.57. The van der Waals surface area contributed by atoms with Gasteiger partial charge in [-0.1, -0.05) is 0 Å². The number of methoxy groups -OCH3 is 1. The molecule has 18 heavy (non-hydrogen) atoms. The van der Waals surface area contributed by atoms with Crippen LogP contribution in [0.15, 0.2) is 11.4 Å². The molecular formula is C11H15NO5S. The molecule has 0 fully saturated rings. The van der Waals surface area contributed by atoms with E-state index in [-0.39, 0.29) is 19.6 Å². The summed E-state index contributed by atoms with van der Waals surface area (Å²) in [6.45, 7) is 1.66. The Morgan fingerprint density at radius 3 is 2.89 bits per heavy atom. The Morgan fingerprint density at radius 1 is 1.61 bits per heavy atom. The lowest BCUT2D eigenvalue weighted by Gasteiger charge is -2.12. The van der Waals surface area contributed by atoms with E-state index in [0.29, 0.717) is 10.6 Å². The highest BCUT2D eigenvalue weighted by molar-refractivity contribution is 7.10. The number of hydrogen-bond donors (Lipinski definition) is 0. The van der Waals surface area contributed by atoms with E-state index in [9.17, 15) is 14.9 Å². The lowest BCUT2D eigenvalue weighted by Crippen LogP contribution is -2.17. The molecule has 0 bridgehead atoms. The zero-order valence-corrected chi connectivity index (χ0v) is 11.1. The van der Waals surface area contributed by atoms with Crippen LogP contribution in [0.5, 0.6) is 5.75 Å². The van der Waals surface area contributed by atoms with Crippen LogP contribution in [-0.4, -0.2) is 31.2 Å². The van der Waals surface area contributed by atoms with Crippen LogP contribution >= 0.6 is 11.3 Å². The van der Waals surface area contributed by atoms with Crippen LogP contribution < -0.4 is 4.74 Å². The second kappa shape index (κ2) is 6.95. The number of carbonyl (C=O) groups is 1. The van der Waals surface area contributed by atoms with E-state index in [4.69, 9.17) is 9.47 Å². The summed E-state index contributed by atoms with van der Waals surface area (Å²) in [6, 6.07) is 1.73. The highest BCUT2D eigenvalue weighted by Crippen LogP contribution is 2.34. The maximum Gasteiger partial charge on any atom is 0.306 e. The van der Waals surface area contributed by atoms with Crippen LogP contribution in [0, 0.1) is 10.1 Å². The zero-order chi connectivity index (χ0) is 13.5. The molecule has 6 nitrogen and oxygen atoms in total. The van der Waals surface area contributed by atoms with Crippen LogP contribution in [-0.2, 0) is 9.53 Å². The van der Waals surface area contributed by atoms with Crippen LogP contribution in [0.1, 0.15) is 24.1 Å². The third kappa shape index (κ3) is 3.99. The van der Waals surface area contributed by atoms with E-state index in [1.807, 2.05) is 0 Å². The van der Waals surface area contributed by atoms with Crippen molar-refractivity contribution in [1.82, 2.24) is 0 Å². The molecule has 7 heteroatoms. The molecule has 0 radical (unpaired) electrons. The first-order valence-corrected chi connectivity index (χ1v) is 6.35. The molecule has 1 unspecified atom stereocenters. The minimum atomic E-state index is -0.506. The van der Waals surface area contributed by atoms with Crippen molar-refractivity contribution >= 4 is 17.3 Å². The summed E-state index contributed by atoms with van der Waals surface area (Å²) in [5, 5.41) is 12.4. The fraction of sp³-hybridized carbons (Fsp3) is 0.545. The van der Waals surface area contributed by atoms with Gasteiger partial charge in [0.15, 0.2) is 0 Å². The first kappa shape index (κ1) is 14.4. The summed E-state index contributed by atoms with van der Waals surface area (Å²) in [4.78, 5) is 22.4. The quantitative estimate of drug-likeness (QED) is 0.431. The topological polar surface area (TPSA) is 78.7 Å². The van der Waals surface area contributed by atoms with Crippen LogP contribution in [0.25, 0.3) is 0 Å². The third-order valence-corrected chi connectivity index (χ3v) is 3.40. The number of esters is 1. The maximum absolute atomic E-state index is 11.4. The van der Waals surface area contributed by atoms with Gasteiger partial charge in [0.1, 0.15) is 5.75 Å². The highest BCUT2D eigenvalue weighted by atomic mass is 32.1. The standard InChI is InChI=1S/C11H15NO5S/c1-3-17-10(13)6-8(7-12(14)15)11-9(16-2)4-5-18-11/h4-5,8H,3,6-7H2,1-2H3. The molecule has 0 saturated carbocycles. The van der Waals surface area contributed by atoms with E-state index in [0.717, 1.165) is 0 Å². The number of nitrogens with zero attached hydrogens (tertiary/aromatic N) is 1. The van der Waals surface area contributed by atoms with Crippen molar-refractivity contribution in [2.24, 2.45) is 0 Å². The summed E-state index contributed by atoms with van der Waals surface area (Å²) in [6.07, 6.45) is -0.00824. The fourth-order valence-corrected chi connectivity index (χ4v) is 2.57. The van der Waals surface area contributed by atoms with Crippen molar-refractivity contribution in [3.63, 3.8) is 0 Å². The molecule has 100 valence electrons. The normalized spacial score (nSPS) is 11.9. The van der Waals surface area contributed by atoms with Gasteiger partial charge in [-0.2, -0.15) is 0 Å². The van der Waals surface area contributed by atoms with Crippen molar-refractivity contribution in [2.45, 2.75) is 19.3 Å². The predicted octanol–water partition coefficient (Wildman–Crippen LogP) is 2.07. The molecule has 1 aromatic rings. The molecule has 0 aliphatic heterocycles. The largest absolute Gasteiger partial charge is 0.496 e. The predicted molar refractivity (Wildman–Crippen MR) is 66.7 cm³/mol. The summed E-state index contributed by atoms with van der Waals surface area (Å²) in [5.74, 6) is -0.357. The third-order valence-electron chi connectivity index (χ3n) is 2.34. The molecule has 0 saturated heterocycles. The Bertz CT molecular complexity index is 417. The van der Waals surface area contributed by atoms with Gasteiger partial charge in [0.25, 0.3) is 0 Å². The first-order valence-electron chi connectivity index (χ1n) is 5.47. The van der Waals surface area contributed by atoms with Crippen LogP contribution in [0.2, 0.25) is 0 Å². The van der Waals surface area contributed by atoms with Gasteiger partial charge < -0.3 is 9.47 Å². The van der Waals surface area contributed by atoms with Crippen molar-refractivity contribution in [1.29, 1.82) is 0 Å². The van der Waals surface area contributed by atoms with E-state index >= 15 is 0 Å². The summed E-state index contributed by atoms with van der Waals surface area (Å²) < 4.78 is 9.95. The van der Waals surface area contributed by atoms with Crippen LogP contribution in [0.3, 0.4) is 0 Å². The summed E-state index contributed by atoms with van der Waals surface area (Å²) in [5.41, 5.74) is 0. The molecule has 1 rings (SSSR count). The van der Waals surface area contributed by atoms with Gasteiger partial charge in [-0.25, -0.2) is 0 Å². The van der Waals surface area contributed by atoms with Crippen molar-refractivity contribution in [3.8, 4) is 5.75 Å². The number of hydrogen-bond acceptors (Lipinski definition) is 6. The molecule has 0 N–H and O–H groups in total. The average molecular weight is 273 g/mol. The van der Waals surface area contributed by atoms with Gasteiger partial charge in [0, 0.05) is 4.92 Å².